The number of aliphatic hydroxyl groups is 2. The van der Waals surface area contributed by atoms with E-state index in [0.29, 0.717) is 58.9 Å². The highest BCUT2D eigenvalue weighted by Gasteiger charge is 2.38. The highest BCUT2D eigenvalue weighted by Crippen LogP contribution is 2.59. The van der Waals surface area contributed by atoms with Crippen LogP contribution in [0.1, 0.15) is 137 Å². The largest absolute Gasteiger partial charge is 0.396 e. The fourth-order valence-corrected chi connectivity index (χ4v) is 22.0. The van der Waals surface area contributed by atoms with Crippen molar-refractivity contribution < 1.29 is 19.7 Å². The summed E-state index contributed by atoms with van der Waals surface area (Å²) >= 11 is 0. The van der Waals surface area contributed by atoms with Gasteiger partial charge in [0.05, 0.1) is 31.8 Å². The second-order valence-corrected chi connectivity index (χ2v) is 30.2. The van der Waals surface area contributed by atoms with Gasteiger partial charge in [0.15, 0.2) is 0 Å². The van der Waals surface area contributed by atoms with Crippen LogP contribution in [0, 0.1) is 37.9 Å². The zero-order chi connectivity index (χ0) is 37.2. The molecule has 0 heterocycles. The first-order chi connectivity index (χ1) is 20.8. The molecule has 0 aliphatic carbocycles. The summed E-state index contributed by atoms with van der Waals surface area (Å²) < 4.78 is 12.5. The summed E-state index contributed by atoms with van der Waals surface area (Å²) in [5.74, 6) is 10.1. The van der Waals surface area contributed by atoms with Crippen LogP contribution in [-0.2, 0) is 9.47 Å². The highest BCUT2D eigenvalue weighted by atomic mass is 32.3. The van der Waals surface area contributed by atoms with Gasteiger partial charge in [-0.25, -0.2) is 20.1 Å². The van der Waals surface area contributed by atoms with Gasteiger partial charge in [0.1, 0.15) is 0 Å². The normalized spacial score (nSPS) is 15.7. The van der Waals surface area contributed by atoms with Crippen molar-refractivity contribution in [3.05, 3.63) is 0 Å². The molecule has 0 aliphatic heterocycles. The molecule has 2 N–H and O–H groups in total. The fraction of sp³-hybridized carbons (Fsp3) is 1.00. The Morgan fingerprint density at radius 2 is 0.596 bits per heavy atom. The summed E-state index contributed by atoms with van der Waals surface area (Å²) in [7, 11) is -1.73. The lowest BCUT2D eigenvalue weighted by Gasteiger charge is -2.51. The maximum atomic E-state index is 10.4. The van der Waals surface area contributed by atoms with Gasteiger partial charge in [-0.1, -0.05) is 125 Å². The Bertz CT molecular complexity index is 703. The van der Waals surface area contributed by atoms with E-state index in [1.807, 2.05) is 0 Å². The number of hydrogen-bond acceptors (Lipinski definition) is 4. The van der Waals surface area contributed by atoms with E-state index < -0.39 is 25.5 Å². The van der Waals surface area contributed by atoms with E-state index in [9.17, 15) is 10.2 Å². The molecule has 0 amide bonds. The molecule has 0 saturated carbocycles. The second-order valence-electron chi connectivity index (χ2n) is 22.7. The van der Waals surface area contributed by atoms with Crippen LogP contribution in [-0.4, -0.2) is 95.9 Å². The first kappa shape index (κ1) is 47.5. The van der Waals surface area contributed by atoms with E-state index in [-0.39, 0.29) is 13.2 Å². The number of hydrogen-bond donors (Lipinski definition) is 2. The molecule has 0 aromatic carbocycles. The summed E-state index contributed by atoms with van der Waals surface area (Å²) in [4.78, 5) is 0. The lowest BCUT2D eigenvalue weighted by atomic mass is 9.92. The zero-order valence-electron chi connectivity index (χ0n) is 35.3. The minimum absolute atomic E-state index is 0.135. The maximum Gasteiger partial charge on any atom is 0.0632 e. The number of ether oxygens (including phenoxy) is 2. The van der Waals surface area contributed by atoms with Crippen molar-refractivity contribution in [2.75, 3.05) is 85.7 Å². The van der Waals surface area contributed by atoms with Crippen LogP contribution in [0.5, 0.6) is 0 Å². The molecule has 6 heteroatoms. The van der Waals surface area contributed by atoms with Crippen molar-refractivity contribution in [1.29, 1.82) is 0 Å². The van der Waals surface area contributed by atoms with Gasteiger partial charge in [-0.15, -0.1) is 0 Å². The van der Waals surface area contributed by atoms with Crippen LogP contribution < -0.4 is 0 Å². The third kappa shape index (κ3) is 23.6. The van der Waals surface area contributed by atoms with Gasteiger partial charge in [-0.05, 0) is 91.4 Å². The zero-order valence-corrected chi connectivity index (χ0v) is 37.0. The molecule has 0 aliphatic rings. The Kier molecular flexibility index (Phi) is 18.6. The second kappa shape index (κ2) is 18.3. The van der Waals surface area contributed by atoms with Gasteiger partial charge in [0.2, 0.25) is 0 Å². The van der Waals surface area contributed by atoms with Crippen molar-refractivity contribution in [3.63, 3.8) is 0 Å². The molecule has 0 aromatic rings. The van der Waals surface area contributed by atoms with Gasteiger partial charge in [0, 0.05) is 13.2 Å². The van der Waals surface area contributed by atoms with Gasteiger partial charge in [-0.2, -0.15) is 0 Å². The van der Waals surface area contributed by atoms with Crippen LogP contribution in [0.2, 0.25) is 0 Å². The molecule has 47 heavy (non-hydrogen) atoms. The van der Waals surface area contributed by atoms with E-state index in [1.165, 1.54) is 46.0 Å². The topological polar surface area (TPSA) is 58.9 Å². The minimum Gasteiger partial charge on any atom is -0.396 e. The molecule has 4 nitrogen and oxygen atoms in total. The summed E-state index contributed by atoms with van der Waals surface area (Å²) in [5, 5.41) is 20.8. The quantitative estimate of drug-likeness (QED) is 0.124. The van der Waals surface area contributed by atoms with Gasteiger partial charge < -0.3 is 19.7 Å². The average molecular weight is 709 g/mol. The predicted molar refractivity (Wildman–Crippen MR) is 218 cm³/mol. The molecule has 0 unspecified atom stereocenters. The van der Waals surface area contributed by atoms with Crippen LogP contribution in [0.4, 0.5) is 0 Å². The first-order valence-corrected chi connectivity index (χ1v) is 23.3. The van der Waals surface area contributed by atoms with E-state index in [4.69, 9.17) is 9.47 Å². The molecule has 0 fully saturated rings. The smallest absolute Gasteiger partial charge is 0.0632 e. The number of rotatable bonds is 20. The lowest BCUT2D eigenvalue weighted by molar-refractivity contribution is -0.0765. The molecular weight excluding hydrogens is 621 g/mol. The van der Waals surface area contributed by atoms with Crippen LogP contribution in [0.3, 0.4) is 0 Å². The minimum atomic E-state index is -0.866. The molecule has 288 valence electrons. The monoisotopic (exact) mass is 709 g/mol. The molecule has 0 rings (SSSR count). The van der Waals surface area contributed by atoms with Crippen LogP contribution in [0.15, 0.2) is 0 Å². The van der Waals surface area contributed by atoms with E-state index in [1.54, 1.807) is 0 Å². The summed E-state index contributed by atoms with van der Waals surface area (Å²) in [5.41, 5.74) is 0.987. The molecule has 0 radical (unpaired) electrons. The Morgan fingerprint density at radius 3 is 0.766 bits per heavy atom. The standard InChI is InChI=1S/C41H88O4S2/c1-35(2,3)29-46(30-36(4,5)6,31-37(7,8)9)23-19-21-44-27-41(25-42,26-43)28-45-22-20-24-47(32-38(10,11)12,33-39(13,14)15)34-40(16,17)18/h42-43H,19-34H2,1-18H3. The van der Waals surface area contributed by atoms with Gasteiger partial charge >= 0.3 is 0 Å². The Hall–Kier alpha value is 0.540. The third-order valence-corrected chi connectivity index (χ3v) is 18.8. The van der Waals surface area contributed by atoms with E-state index >= 15 is 0 Å². The summed E-state index contributed by atoms with van der Waals surface area (Å²) in [6.07, 6.45) is 2.04. The Balaban J connectivity index is 5.45. The van der Waals surface area contributed by atoms with Gasteiger partial charge in [0.25, 0.3) is 0 Å². The van der Waals surface area contributed by atoms with Crippen molar-refractivity contribution >= 4 is 20.1 Å². The number of aliphatic hydroxyl groups excluding tert-OH is 2. The predicted octanol–water partition coefficient (Wildman–Crippen LogP) is 10.7. The molecule has 0 bridgehead atoms. The molecule has 0 saturated heterocycles. The molecular formula is C41H88O4S2. The lowest BCUT2D eigenvalue weighted by Crippen LogP contribution is -2.40. The van der Waals surface area contributed by atoms with E-state index in [0.717, 1.165) is 12.8 Å². The van der Waals surface area contributed by atoms with E-state index in [2.05, 4.69) is 125 Å². The fourth-order valence-electron chi connectivity index (χ4n) is 8.04. The molecule has 0 atom stereocenters. The molecule has 0 spiro atoms. The van der Waals surface area contributed by atoms with Crippen molar-refractivity contribution in [2.45, 2.75) is 137 Å². The third-order valence-electron chi connectivity index (χ3n) is 7.65. The molecule has 0 aromatic heterocycles. The summed E-state index contributed by atoms with van der Waals surface area (Å²) in [6, 6.07) is 0. The summed E-state index contributed by atoms with van der Waals surface area (Å²) in [6.45, 7) is 44.9. The van der Waals surface area contributed by atoms with Crippen molar-refractivity contribution in [1.82, 2.24) is 0 Å². The van der Waals surface area contributed by atoms with Crippen molar-refractivity contribution in [2.24, 2.45) is 37.9 Å². The SMILES string of the molecule is CC(C)(C)CS(CCCOCC(CO)(CO)COCCCS(CC(C)(C)C)(CC(C)(C)C)CC(C)(C)C)(CC(C)(C)C)CC(C)(C)C. The highest BCUT2D eigenvalue weighted by molar-refractivity contribution is 8.34. The maximum absolute atomic E-state index is 10.4. The Morgan fingerprint density at radius 1 is 0.383 bits per heavy atom. The average Bonchev–Trinajstić information content (AvgIpc) is 2.75. The first-order valence-electron chi connectivity index (χ1n) is 18.6. The van der Waals surface area contributed by atoms with Gasteiger partial charge in [-0.3, -0.25) is 0 Å². The van der Waals surface area contributed by atoms with Crippen LogP contribution in [0.25, 0.3) is 0 Å². The van der Waals surface area contributed by atoms with Crippen molar-refractivity contribution in [3.8, 4) is 0 Å². The Labute approximate surface area is 299 Å². The van der Waals surface area contributed by atoms with Crippen LogP contribution >= 0.6 is 20.1 Å².